The van der Waals surface area contributed by atoms with Crippen LogP contribution in [0, 0.1) is 0 Å². The molecule has 0 saturated carbocycles. The molecular weight excluding hydrogens is 368 g/mol. The molecule has 0 aliphatic rings. The molecule has 7 nitrogen and oxygen atoms in total. The molecule has 0 aliphatic carbocycles. The van der Waals surface area contributed by atoms with Gasteiger partial charge in [-0.05, 0) is 54.6 Å². The van der Waals surface area contributed by atoms with Crippen molar-refractivity contribution in [1.29, 1.82) is 0 Å². The second-order valence-electron chi connectivity index (χ2n) is 6.49. The summed E-state index contributed by atoms with van der Waals surface area (Å²) in [5, 5.41) is 12.7. The number of ether oxygens (including phenoxy) is 1. The average Bonchev–Trinajstić information content (AvgIpc) is 3.37. The summed E-state index contributed by atoms with van der Waals surface area (Å²) in [4.78, 5) is 14.1. The summed E-state index contributed by atoms with van der Waals surface area (Å²) in [6.07, 6.45) is 0. The molecule has 0 unspecified atom stereocenters. The van der Waals surface area contributed by atoms with Crippen LogP contribution in [-0.4, -0.2) is 28.0 Å². The fraction of sp³-hybridized carbons (Fsp3) is 0.0455. The number of aromatic nitrogens is 3. The molecule has 5 aromatic rings. The van der Waals surface area contributed by atoms with E-state index in [0.29, 0.717) is 16.8 Å². The number of hydrogen-bond donors (Lipinski definition) is 1. The minimum atomic E-state index is -0.317. The normalized spacial score (nSPS) is 11.1. The predicted octanol–water partition coefficient (Wildman–Crippen LogP) is 4.43. The lowest BCUT2D eigenvalue weighted by Gasteiger charge is -2.02. The molecule has 7 heteroatoms. The van der Waals surface area contributed by atoms with Gasteiger partial charge < -0.3 is 14.5 Å². The maximum absolute atomic E-state index is 12.5. The molecule has 0 atom stereocenters. The highest BCUT2D eigenvalue weighted by atomic mass is 16.5. The third kappa shape index (κ3) is 3.19. The standard InChI is InChI=1S/C22H16N4O3/c1-28-17-9-7-16(8-10-17)26-24-18-11-6-15(13-19(18)25-26)23-22(27)21-12-14-4-2-3-5-20(14)29-21/h2-13H,1H3,(H,23,27). The maximum Gasteiger partial charge on any atom is 0.291 e. The third-order valence-electron chi connectivity index (χ3n) is 4.59. The van der Waals surface area contributed by atoms with Crippen LogP contribution < -0.4 is 10.1 Å². The van der Waals surface area contributed by atoms with Crippen molar-refractivity contribution in [3.8, 4) is 11.4 Å². The van der Waals surface area contributed by atoms with Gasteiger partial charge in [0.25, 0.3) is 5.91 Å². The van der Waals surface area contributed by atoms with Gasteiger partial charge in [-0.3, -0.25) is 4.79 Å². The first-order chi connectivity index (χ1) is 14.2. The molecule has 2 heterocycles. The number of hydrogen-bond acceptors (Lipinski definition) is 5. The van der Waals surface area contributed by atoms with Crippen LogP contribution in [0.2, 0.25) is 0 Å². The molecule has 3 aromatic carbocycles. The number of benzene rings is 3. The lowest BCUT2D eigenvalue weighted by atomic mass is 10.2. The first kappa shape index (κ1) is 17.0. The van der Waals surface area contributed by atoms with E-state index in [4.69, 9.17) is 9.15 Å². The Hall–Kier alpha value is -4.13. The van der Waals surface area contributed by atoms with Gasteiger partial charge in [-0.15, -0.1) is 10.2 Å². The van der Waals surface area contributed by atoms with E-state index in [0.717, 1.165) is 22.3 Å². The van der Waals surface area contributed by atoms with Crippen LogP contribution in [0.3, 0.4) is 0 Å². The van der Waals surface area contributed by atoms with Gasteiger partial charge in [0.15, 0.2) is 5.76 Å². The average molecular weight is 384 g/mol. The number of nitrogens with one attached hydrogen (secondary N) is 1. The molecule has 0 spiro atoms. The van der Waals surface area contributed by atoms with Crippen molar-refractivity contribution in [1.82, 2.24) is 15.0 Å². The number of carbonyl (C=O) groups is 1. The predicted molar refractivity (Wildman–Crippen MR) is 110 cm³/mol. The van der Waals surface area contributed by atoms with Gasteiger partial charge in [-0.2, -0.15) is 4.80 Å². The molecule has 29 heavy (non-hydrogen) atoms. The van der Waals surface area contributed by atoms with Crippen LogP contribution in [0.1, 0.15) is 10.6 Å². The summed E-state index contributed by atoms with van der Waals surface area (Å²) in [6.45, 7) is 0. The molecule has 1 amide bonds. The van der Waals surface area contributed by atoms with E-state index in [-0.39, 0.29) is 11.7 Å². The van der Waals surface area contributed by atoms with E-state index in [2.05, 4.69) is 15.5 Å². The molecule has 0 radical (unpaired) electrons. The number of fused-ring (bicyclic) bond motifs is 2. The molecule has 1 N–H and O–H groups in total. The van der Waals surface area contributed by atoms with Crippen molar-refractivity contribution in [2.45, 2.75) is 0 Å². The number of furan rings is 1. The molecule has 5 rings (SSSR count). The van der Waals surface area contributed by atoms with Gasteiger partial charge in [0.05, 0.1) is 12.8 Å². The number of methoxy groups -OCH3 is 1. The van der Waals surface area contributed by atoms with Gasteiger partial charge in [-0.1, -0.05) is 18.2 Å². The summed E-state index contributed by atoms with van der Waals surface area (Å²) >= 11 is 0. The monoisotopic (exact) mass is 384 g/mol. The number of nitrogens with zero attached hydrogens (tertiary/aromatic N) is 3. The summed E-state index contributed by atoms with van der Waals surface area (Å²) in [7, 11) is 1.62. The zero-order valence-electron chi connectivity index (χ0n) is 15.5. The first-order valence-electron chi connectivity index (χ1n) is 9.01. The second-order valence-corrected chi connectivity index (χ2v) is 6.49. The summed E-state index contributed by atoms with van der Waals surface area (Å²) in [5.41, 5.74) is 3.50. The van der Waals surface area contributed by atoms with E-state index >= 15 is 0 Å². The molecule has 0 aliphatic heterocycles. The molecule has 0 bridgehead atoms. The Morgan fingerprint density at radius 1 is 0.966 bits per heavy atom. The van der Waals surface area contributed by atoms with Gasteiger partial charge in [0.2, 0.25) is 0 Å². The number of para-hydroxylation sites is 1. The number of amides is 1. The Morgan fingerprint density at radius 2 is 1.76 bits per heavy atom. The molecule has 0 saturated heterocycles. The van der Waals surface area contributed by atoms with Gasteiger partial charge in [0.1, 0.15) is 22.4 Å². The van der Waals surface area contributed by atoms with Crippen molar-refractivity contribution in [2.24, 2.45) is 0 Å². The zero-order valence-corrected chi connectivity index (χ0v) is 15.5. The van der Waals surface area contributed by atoms with Crippen LogP contribution in [-0.2, 0) is 0 Å². The smallest absolute Gasteiger partial charge is 0.291 e. The number of rotatable bonds is 4. The van der Waals surface area contributed by atoms with Crippen molar-refractivity contribution >= 4 is 33.6 Å². The SMILES string of the molecule is COc1ccc(-n2nc3ccc(NC(=O)c4cc5ccccc5o4)cc3n2)cc1. The highest BCUT2D eigenvalue weighted by Gasteiger charge is 2.13. The van der Waals surface area contributed by atoms with Crippen LogP contribution >= 0.6 is 0 Å². The van der Waals surface area contributed by atoms with Crippen molar-refractivity contribution < 1.29 is 13.9 Å². The molecule has 2 aromatic heterocycles. The van der Waals surface area contributed by atoms with Gasteiger partial charge in [-0.25, -0.2) is 0 Å². The summed E-state index contributed by atoms with van der Waals surface area (Å²) in [5.74, 6) is 0.706. The van der Waals surface area contributed by atoms with E-state index < -0.39 is 0 Å². The quantitative estimate of drug-likeness (QED) is 0.496. The highest BCUT2D eigenvalue weighted by molar-refractivity contribution is 6.05. The number of carbonyl (C=O) groups excluding carboxylic acids is 1. The van der Waals surface area contributed by atoms with Gasteiger partial charge in [0, 0.05) is 11.1 Å². The van der Waals surface area contributed by atoms with Crippen LogP contribution in [0.5, 0.6) is 5.75 Å². The van der Waals surface area contributed by atoms with Crippen LogP contribution in [0.15, 0.2) is 77.2 Å². The highest BCUT2D eigenvalue weighted by Crippen LogP contribution is 2.22. The van der Waals surface area contributed by atoms with E-state index in [9.17, 15) is 4.79 Å². The fourth-order valence-electron chi connectivity index (χ4n) is 3.11. The van der Waals surface area contributed by atoms with Crippen molar-refractivity contribution in [2.75, 3.05) is 12.4 Å². The number of anilines is 1. The Kier molecular flexibility index (Phi) is 3.98. The largest absolute Gasteiger partial charge is 0.497 e. The van der Waals surface area contributed by atoms with E-state index in [1.54, 1.807) is 30.1 Å². The van der Waals surface area contributed by atoms with E-state index in [1.165, 1.54) is 0 Å². The van der Waals surface area contributed by atoms with Gasteiger partial charge >= 0.3 is 0 Å². The third-order valence-corrected chi connectivity index (χ3v) is 4.59. The maximum atomic E-state index is 12.5. The molecule has 142 valence electrons. The van der Waals surface area contributed by atoms with Crippen molar-refractivity contribution in [3.05, 3.63) is 78.6 Å². The fourth-order valence-corrected chi connectivity index (χ4v) is 3.11. The van der Waals surface area contributed by atoms with Crippen LogP contribution in [0.25, 0.3) is 27.7 Å². The Morgan fingerprint density at radius 3 is 2.55 bits per heavy atom. The van der Waals surface area contributed by atoms with Crippen molar-refractivity contribution in [3.63, 3.8) is 0 Å². The zero-order chi connectivity index (χ0) is 19.8. The van der Waals surface area contributed by atoms with Crippen LogP contribution in [0.4, 0.5) is 5.69 Å². The Balaban J connectivity index is 1.41. The lowest BCUT2D eigenvalue weighted by Crippen LogP contribution is -2.10. The van der Waals surface area contributed by atoms with E-state index in [1.807, 2.05) is 54.6 Å². The first-order valence-corrected chi connectivity index (χ1v) is 9.01. The summed E-state index contributed by atoms with van der Waals surface area (Å²) in [6, 6.07) is 22.1. The molecule has 0 fully saturated rings. The Bertz CT molecular complexity index is 1300. The molecular formula is C22H16N4O3. The minimum Gasteiger partial charge on any atom is -0.497 e. The topological polar surface area (TPSA) is 82.2 Å². The lowest BCUT2D eigenvalue weighted by molar-refractivity contribution is 0.0998. The Labute approximate surface area is 165 Å². The minimum absolute atomic E-state index is 0.258. The summed E-state index contributed by atoms with van der Waals surface area (Å²) < 4.78 is 10.8. The second kappa shape index (κ2) is 6.79.